The molecule has 22 heavy (non-hydrogen) atoms. The van der Waals surface area contributed by atoms with Gasteiger partial charge in [0.2, 0.25) is 0 Å². The summed E-state index contributed by atoms with van der Waals surface area (Å²) in [6.07, 6.45) is 2.19. The van der Waals surface area contributed by atoms with Gasteiger partial charge in [-0.3, -0.25) is 0 Å². The van der Waals surface area contributed by atoms with Crippen molar-refractivity contribution in [2.45, 2.75) is 20.0 Å². The lowest BCUT2D eigenvalue weighted by atomic mass is 10.1. The molecule has 0 aliphatic carbocycles. The molecule has 3 rings (SSSR count). The van der Waals surface area contributed by atoms with Crippen molar-refractivity contribution in [1.29, 1.82) is 0 Å². The van der Waals surface area contributed by atoms with Crippen LogP contribution in [0.2, 0.25) is 0 Å². The maximum atomic E-state index is 9.47. The Hall–Kier alpha value is -1.82. The lowest BCUT2D eigenvalue weighted by Gasteiger charge is -2.00. The van der Waals surface area contributed by atoms with Gasteiger partial charge in [0.1, 0.15) is 18.5 Å². The molecular formula is C18H18IN2O+. The first-order valence-corrected chi connectivity index (χ1v) is 8.38. The van der Waals surface area contributed by atoms with Crippen molar-refractivity contribution in [2.75, 3.05) is 0 Å². The molecule has 0 aliphatic heterocycles. The fourth-order valence-electron chi connectivity index (χ4n) is 2.58. The number of hydrogen-bond donors (Lipinski definition) is 1. The van der Waals surface area contributed by atoms with E-state index in [4.69, 9.17) is 0 Å². The van der Waals surface area contributed by atoms with E-state index >= 15 is 0 Å². The van der Waals surface area contributed by atoms with Gasteiger partial charge in [-0.15, -0.1) is 0 Å². The third-order valence-corrected chi connectivity index (χ3v) is 4.91. The largest absolute Gasteiger partial charge is 0.508 e. The smallest absolute Gasteiger partial charge is 0.318 e. The molecule has 0 spiro atoms. The van der Waals surface area contributed by atoms with E-state index < -0.39 is 0 Å². The third-order valence-electron chi connectivity index (χ3n) is 3.70. The van der Waals surface area contributed by atoms with Gasteiger partial charge in [-0.25, -0.2) is 9.13 Å². The number of phenolic OH excluding ortho intramolecular Hbond substituents is 1. The van der Waals surface area contributed by atoms with E-state index in [1.165, 1.54) is 15.1 Å². The Morgan fingerprint density at radius 1 is 1.05 bits per heavy atom. The highest BCUT2D eigenvalue weighted by molar-refractivity contribution is 14.1. The van der Waals surface area contributed by atoms with E-state index in [2.05, 4.69) is 69.1 Å². The number of hydrogen-bond acceptors (Lipinski definition) is 1. The van der Waals surface area contributed by atoms with Gasteiger partial charge in [0.15, 0.2) is 5.69 Å². The van der Waals surface area contributed by atoms with Crippen LogP contribution in [0, 0.1) is 3.83 Å². The van der Waals surface area contributed by atoms with Crippen molar-refractivity contribution in [3.8, 4) is 17.0 Å². The number of benzene rings is 2. The Morgan fingerprint density at radius 2 is 1.73 bits per heavy atom. The number of halogens is 1. The van der Waals surface area contributed by atoms with Gasteiger partial charge >= 0.3 is 3.83 Å². The molecule has 0 bridgehead atoms. The molecule has 4 heteroatoms. The predicted molar refractivity (Wildman–Crippen MR) is 95.7 cm³/mol. The van der Waals surface area contributed by atoms with Crippen LogP contribution in [-0.2, 0) is 13.1 Å². The van der Waals surface area contributed by atoms with Crippen LogP contribution >= 0.6 is 22.6 Å². The zero-order chi connectivity index (χ0) is 15.5. The number of rotatable bonds is 4. The highest BCUT2D eigenvalue weighted by Crippen LogP contribution is 2.23. The number of nitrogens with zero attached hydrogens (tertiary/aromatic N) is 2. The SMILES string of the molecule is CCn1c(-c2ccc(O)cc2)c[n+](Cc2ccccc2)c1I. The molecule has 0 fully saturated rings. The van der Waals surface area contributed by atoms with Crippen LogP contribution in [0.4, 0.5) is 0 Å². The fraction of sp³-hybridized carbons (Fsp3) is 0.167. The fourth-order valence-corrected chi connectivity index (χ4v) is 3.49. The first-order chi connectivity index (χ1) is 10.7. The van der Waals surface area contributed by atoms with Gasteiger partial charge in [-0.2, -0.15) is 0 Å². The van der Waals surface area contributed by atoms with Crippen molar-refractivity contribution in [1.82, 2.24) is 4.57 Å². The molecule has 1 heterocycles. The Kier molecular flexibility index (Phi) is 4.47. The number of aromatic hydroxyl groups is 1. The number of phenols is 1. The molecule has 1 aromatic heterocycles. The summed E-state index contributed by atoms with van der Waals surface area (Å²) < 4.78 is 5.75. The van der Waals surface area contributed by atoms with Gasteiger partial charge in [0, 0.05) is 5.56 Å². The second-order valence-electron chi connectivity index (χ2n) is 5.19. The standard InChI is InChI=1S/C18H17IN2O/c1-2-21-17(15-8-10-16(22)11-9-15)13-20(18(21)19)12-14-6-4-3-5-7-14/h3-11,13H,2,12H2,1H3/p+1. The van der Waals surface area contributed by atoms with Crippen molar-refractivity contribution < 1.29 is 9.67 Å². The Labute approximate surface area is 144 Å². The number of aromatic nitrogens is 2. The van der Waals surface area contributed by atoms with E-state index in [1.54, 1.807) is 12.1 Å². The normalized spacial score (nSPS) is 10.8. The van der Waals surface area contributed by atoms with E-state index in [-0.39, 0.29) is 0 Å². The van der Waals surface area contributed by atoms with Crippen molar-refractivity contribution in [3.63, 3.8) is 0 Å². The van der Waals surface area contributed by atoms with Crippen LogP contribution in [0.5, 0.6) is 5.75 Å². The molecule has 3 aromatic rings. The van der Waals surface area contributed by atoms with Crippen LogP contribution in [0.3, 0.4) is 0 Å². The summed E-state index contributed by atoms with van der Waals surface area (Å²) in [5.74, 6) is 0.296. The van der Waals surface area contributed by atoms with Gasteiger partial charge in [0.05, 0.1) is 29.1 Å². The summed E-state index contributed by atoms with van der Waals surface area (Å²) in [6, 6.07) is 17.9. The molecule has 0 unspecified atom stereocenters. The van der Waals surface area contributed by atoms with Crippen LogP contribution in [0.15, 0.2) is 60.8 Å². The molecule has 0 saturated heterocycles. The molecule has 0 radical (unpaired) electrons. The van der Waals surface area contributed by atoms with Crippen molar-refractivity contribution in [2.24, 2.45) is 0 Å². The van der Waals surface area contributed by atoms with Crippen molar-refractivity contribution in [3.05, 3.63) is 70.2 Å². The summed E-state index contributed by atoms with van der Waals surface area (Å²) in [5, 5.41) is 9.47. The summed E-state index contributed by atoms with van der Waals surface area (Å²) in [4.78, 5) is 0. The van der Waals surface area contributed by atoms with Crippen LogP contribution in [0.25, 0.3) is 11.3 Å². The zero-order valence-electron chi connectivity index (χ0n) is 12.4. The predicted octanol–water partition coefficient (Wildman–Crippen LogP) is 3.82. The Bertz CT molecular complexity index is 764. The van der Waals surface area contributed by atoms with Gasteiger partial charge in [-0.1, -0.05) is 30.3 Å². The summed E-state index contributed by atoms with van der Waals surface area (Å²) >= 11 is 2.40. The first-order valence-electron chi connectivity index (χ1n) is 7.31. The topological polar surface area (TPSA) is 29.0 Å². The first kappa shape index (κ1) is 15.1. The van der Waals surface area contributed by atoms with Gasteiger partial charge < -0.3 is 5.11 Å². The monoisotopic (exact) mass is 405 g/mol. The van der Waals surface area contributed by atoms with Crippen LogP contribution < -0.4 is 4.57 Å². The summed E-state index contributed by atoms with van der Waals surface area (Å²) in [7, 11) is 0. The highest BCUT2D eigenvalue weighted by Gasteiger charge is 2.21. The Morgan fingerprint density at radius 3 is 2.36 bits per heavy atom. The molecule has 2 aromatic carbocycles. The van der Waals surface area contributed by atoms with Gasteiger partial charge in [0.25, 0.3) is 0 Å². The average molecular weight is 405 g/mol. The van der Waals surface area contributed by atoms with E-state index in [1.807, 2.05) is 18.2 Å². The lowest BCUT2D eigenvalue weighted by molar-refractivity contribution is -0.700. The van der Waals surface area contributed by atoms with Crippen LogP contribution in [-0.4, -0.2) is 9.67 Å². The second-order valence-corrected chi connectivity index (χ2v) is 6.15. The van der Waals surface area contributed by atoms with Crippen LogP contribution in [0.1, 0.15) is 12.5 Å². The molecule has 1 N–H and O–H groups in total. The Balaban J connectivity index is 2.01. The highest BCUT2D eigenvalue weighted by atomic mass is 127. The quantitative estimate of drug-likeness (QED) is 0.519. The maximum Gasteiger partial charge on any atom is 0.318 e. The zero-order valence-corrected chi connectivity index (χ0v) is 14.6. The maximum absolute atomic E-state index is 9.47. The molecule has 0 saturated carbocycles. The molecular weight excluding hydrogens is 387 g/mol. The molecule has 0 amide bonds. The number of imidazole rings is 1. The van der Waals surface area contributed by atoms with E-state index in [9.17, 15) is 5.11 Å². The van der Waals surface area contributed by atoms with Gasteiger partial charge in [-0.05, 0) is 36.8 Å². The molecule has 0 atom stereocenters. The minimum atomic E-state index is 0.296. The molecule has 0 aliphatic rings. The minimum absolute atomic E-state index is 0.296. The average Bonchev–Trinajstić information content (AvgIpc) is 2.85. The summed E-state index contributed by atoms with van der Waals surface area (Å²) in [5.41, 5.74) is 3.57. The molecule has 112 valence electrons. The van der Waals surface area contributed by atoms with E-state index in [0.717, 1.165) is 18.7 Å². The third kappa shape index (κ3) is 3.02. The minimum Gasteiger partial charge on any atom is -0.508 e. The van der Waals surface area contributed by atoms with E-state index in [0.29, 0.717) is 5.75 Å². The lowest BCUT2D eigenvalue weighted by Crippen LogP contribution is -2.36. The second kappa shape index (κ2) is 6.52. The summed E-state index contributed by atoms with van der Waals surface area (Å²) in [6.45, 7) is 3.92. The molecule has 3 nitrogen and oxygen atoms in total. The van der Waals surface area contributed by atoms with Crippen molar-refractivity contribution >= 4 is 22.6 Å².